The van der Waals surface area contributed by atoms with Crippen molar-refractivity contribution in [1.82, 2.24) is 8.80 Å². The Kier molecular flexibility index (Phi) is 9.51. The highest BCUT2D eigenvalue weighted by Gasteiger charge is 2.31. The predicted molar refractivity (Wildman–Crippen MR) is 324 cm³/mol. The molecule has 0 amide bonds. The van der Waals surface area contributed by atoms with Gasteiger partial charge in [-0.1, -0.05) is 183 Å². The smallest absolute Gasteiger partial charge is 0.0776 e. The summed E-state index contributed by atoms with van der Waals surface area (Å²) in [5.41, 5.74) is 20.4. The first-order valence-electron chi connectivity index (χ1n) is 26.2. The molecular formula is C70H52N4Si. The van der Waals surface area contributed by atoms with Gasteiger partial charge in [0.1, 0.15) is 0 Å². The van der Waals surface area contributed by atoms with Gasteiger partial charge >= 0.3 is 0 Å². The Hall–Kier alpha value is -9.16. The summed E-state index contributed by atoms with van der Waals surface area (Å²) < 4.78 is 5.23. The Labute approximate surface area is 436 Å². The molecule has 0 saturated heterocycles. The largest absolute Gasteiger partial charge is 0.310 e. The van der Waals surface area contributed by atoms with Gasteiger partial charge in [0.05, 0.1) is 41.2 Å². The molecule has 0 bridgehead atoms. The fourth-order valence-corrected chi connectivity index (χ4v) is 13.8. The van der Waals surface area contributed by atoms with E-state index in [1.165, 1.54) is 115 Å². The van der Waals surface area contributed by atoms with Gasteiger partial charge in [-0.2, -0.15) is 0 Å². The molecule has 0 radical (unpaired) electrons. The lowest BCUT2D eigenvalue weighted by Gasteiger charge is -2.27. The molecule has 0 spiro atoms. The third-order valence-electron chi connectivity index (χ3n) is 15.9. The fourth-order valence-electron chi connectivity index (χ4n) is 12.7. The second-order valence-corrected chi connectivity index (χ2v) is 26.5. The number of hydrogen-bond donors (Lipinski definition) is 0. The quantitative estimate of drug-likeness (QED) is 0.134. The van der Waals surface area contributed by atoms with Crippen molar-refractivity contribution in [2.45, 2.75) is 26.6 Å². The van der Waals surface area contributed by atoms with Crippen molar-refractivity contribution in [3.8, 4) is 22.3 Å². The van der Waals surface area contributed by atoms with Gasteiger partial charge in [-0.15, -0.1) is 0 Å². The van der Waals surface area contributed by atoms with E-state index in [4.69, 9.17) is 0 Å². The van der Waals surface area contributed by atoms with Crippen LogP contribution in [-0.2, 0) is 0 Å². The van der Waals surface area contributed by atoms with Gasteiger partial charge < -0.3 is 18.6 Å². The molecular weight excluding hydrogens is 925 g/mol. The summed E-state index contributed by atoms with van der Waals surface area (Å²) in [5.74, 6) is 0. The average molecular weight is 977 g/mol. The van der Waals surface area contributed by atoms with Crippen LogP contribution in [0.5, 0.6) is 0 Å². The van der Waals surface area contributed by atoms with E-state index in [0.717, 1.165) is 28.4 Å². The molecule has 0 unspecified atom stereocenters. The summed E-state index contributed by atoms with van der Waals surface area (Å²) >= 11 is 0. The maximum absolute atomic E-state index is 2.62. The van der Waals surface area contributed by atoms with Crippen LogP contribution in [0.4, 0.5) is 34.1 Å². The second kappa shape index (κ2) is 16.4. The molecule has 15 rings (SSSR count). The average Bonchev–Trinajstić information content (AvgIpc) is 4.18. The minimum Gasteiger partial charge on any atom is -0.310 e. The number of rotatable bonds is 9. The Morgan fingerprint density at radius 3 is 1.15 bits per heavy atom. The van der Waals surface area contributed by atoms with Crippen molar-refractivity contribution in [1.29, 1.82) is 0 Å². The highest BCUT2D eigenvalue weighted by Crippen LogP contribution is 2.54. The zero-order chi connectivity index (χ0) is 50.1. The maximum Gasteiger partial charge on any atom is 0.0776 e. The molecule has 15 aromatic rings. The lowest BCUT2D eigenvalue weighted by atomic mass is 9.89. The van der Waals surface area contributed by atoms with Gasteiger partial charge in [0.15, 0.2) is 0 Å². The molecule has 5 heteroatoms. The van der Waals surface area contributed by atoms with E-state index in [-0.39, 0.29) is 0 Å². The maximum atomic E-state index is 2.62. The number of aromatic nitrogens is 2. The van der Waals surface area contributed by atoms with Crippen molar-refractivity contribution < 1.29 is 0 Å². The number of benzene rings is 11. The van der Waals surface area contributed by atoms with Gasteiger partial charge in [0.25, 0.3) is 0 Å². The zero-order valence-corrected chi connectivity index (χ0v) is 43.4. The summed E-state index contributed by atoms with van der Waals surface area (Å²) in [7, 11) is -1.60. The molecule has 0 saturated carbocycles. The van der Waals surface area contributed by atoms with E-state index in [2.05, 4.69) is 288 Å². The number of nitrogens with zero attached hydrogens (tertiary/aromatic N) is 4. The van der Waals surface area contributed by atoms with Crippen LogP contribution in [0.15, 0.2) is 243 Å². The topological polar surface area (TPSA) is 15.3 Å². The number of para-hydroxylation sites is 4. The molecule has 0 atom stereocenters. The van der Waals surface area contributed by atoms with E-state index >= 15 is 0 Å². The molecule has 0 aliphatic heterocycles. The molecule has 0 aliphatic carbocycles. The molecule has 75 heavy (non-hydrogen) atoms. The van der Waals surface area contributed by atoms with Crippen LogP contribution in [-0.4, -0.2) is 16.9 Å². The van der Waals surface area contributed by atoms with Gasteiger partial charge in [0, 0.05) is 88.3 Å². The summed E-state index contributed by atoms with van der Waals surface area (Å²) in [5, 5.41) is 11.5. The van der Waals surface area contributed by atoms with E-state index in [1.807, 2.05) is 0 Å². The molecule has 0 N–H and O–H groups in total. The Morgan fingerprint density at radius 2 is 0.693 bits per heavy atom. The Morgan fingerprint density at radius 1 is 0.307 bits per heavy atom. The van der Waals surface area contributed by atoms with Gasteiger partial charge in [0.2, 0.25) is 0 Å². The van der Waals surface area contributed by atoms with E-state index < -0.39 is 8.07 Å². The monoisotopic (exact) mass is 976 g/mol. The van der Waals surface area contributed by atoms with Crippen LogP contribution in [0.3, 0.4) is 0 Å². The first kappa shape index (κ1) is 43.4. The van der Waals surface area contributed by atoms with Gasteiger partial charge in [-0.3, -0.25) is 0 Å². The first-order valence-corrected chi connectivity index (χ1v) is 29.7. The van der Waals surface area contributed by atoms with Crippen LogP contribution < -0.4 is 15.0 Å². The summed E-state index contributed by atoms with van der Waals surface area (Å²) in [6.45, 7) is 9.46. The normalized spacial score (nSPS) is 12.3. The van der Waals surface area contributed by atoms with E-state index in [0.29, 0.717) is 0 Å². The lowest BCUT2D eigenvalue weighted by Crippen LogP contribution is -2.37. The van der Waals surface area contributed by atoms with Crippen LogP contribution in [0, 0.1) is 6.92 Å². The van der Waals surface area contributed by atoms with Gasteiger partial charge in [-0.05, 0) is 109 Å². The summed E-state index contributed by atoms with van der Waals surface area (Å²) in [6.07, 6.45) is 0. The molecule has 0 aliphatic rings. The predicted octanol–water partition coefficient (Wildman–Crippen LogP) is 19.1. The van der Waals surface area contributed by atoms with Crippen molar-refractivity contribution in [3.63, 3.8) is 0 Å². The lowest BCUT2D eigenvalue weighted by molar-refractivity contribution is 1.27. The fraction of sp³-hybridized carbons (Fsp3) is 0.0571. The molecule has 356 valence electrons. The SMILES string of the molecule is Cc1cccc(N(c2ccccc2)c2ccc3c(c2)c2cccc4c5c(-c6ccccc6)c6c(c(-c7ccccc7)c5n3c24)c2cccc3c4cc(N(c5ccccc5)c5cccc([Si](C)(C)C)c5)ccc4n6c32)c1. The molecule has 4 nitrogen and oxygen atoms in total. The van der Waals surface area contributed by atoms with Crippen LogP contribution in [0.1, 0.15) is 5.56 Å². The van der Waals surface area contributed by atoms with Gasteiger partial charge in [-0.25, -0.2) is 0 Å². The third kappa shape index (κ3) is 6.48. The molecule has 4 aromatic heterocycles. The minimum absolute atomic E-state index is 1.12. The van der Waals surface area contributed by atoms with Crippen molar-refractivity contribution in [2.75, 3.05) is 9.80 Å². The van der Waals surface area contributed by atoms with E-state index in [9.17, 15) is 0 Å². The van der Waals surface area contributed by atoms with E-state index in [1.54, 1.807) is 0 Å². The molecule has 11 aromatic carbocycles. The molecule has 4 heterocycles. The van der Waals surface area contributed by atoms with Crippen molar-refractivity contribution >= 4 is 124 Å². The zero-order valence-electron chi connectivity index (χ0n) is 42.4. The Bertz CT molecular complexity index is 4690. The van der Waals surface area contributed by atoms with Crippen LogP contribution in [0.2, 0.25) is 19.6 Å². The second-order valence-electron chi connectivity index (χ2n) is 21.4. The number of fused-ring (bicyclic) bond motifs is 12. The number of hydrogen-bond acceptors (Lipinski definition) is 2. The third-order valence-corrected chi connectivity index (χ3v) is 17.9. The number of anilines is 6. The van der Waals surface area contributed by atoms with Crippen LogP contribution >= 0.6 is 0 Å². The Balaban J connectivity index is 1.07. The summed E-state index contributed by atoms with van der Waals surface area (Å²) in [6, 6.07) is 90.3. The van der Waals surface area contributed by atoms with Crippen molar-refractivity contribution in [2.24, 2.45) is 0 Å². The van der Waals surface area contributed by atoms with Crippen LogP contribution in [0.25, 0.3) is 98.4 Å². The number of aryl methyl sites for hydroxylation is 1. The highest BCUT2D eigenvalue weighted by atomic mass is 28.3. The standard InChI is InChI=1S/C70H52N4Si/c1-45-21-17-30-50(41-45)71(48-26-13-7-14-27-48)52-37-39-61-59(43-52)55-33-19-35-57-65-64(47-24-11-6-12-25-47)70-66(63(46-22-9-5-10-23-46)69(65)73(61)67(55)57)58-36-20-34-56-60-44-53(38-40-62(60)74(70)68(56)58)72(49-28-15-8-16-29-49)51-31-18-32-54(42-51)75(2,3)4/h5-44H,1-4H3. The minimum atomic E-state index is -1.60. The van der Waals surface area contributed by atoms with Crippen molar-refractivity contribution in [3.05, 3.63) is 248 Å². The molecule has 0 fully saturated rings. The summed E-state index contributed by atoms with van der Waals surface area (Å²) in [4.78, 5) is 4.83. The highest BCUT2D eigenvalue weighted by molar-refractivity contribution is 6.88. The first-order chi connectivity index (χ1) is 36.8.